The number of fused-ring (bicyclic) bond motifs is 3. The second kappa shape index (κ2) is 9.20. The number of carboxylic acids is 1. The van der Waals surface area contributed by atoms with Crippen LogP contribution in [0.4, 0.5) is 4.79 Å². The third-order valence-electron chi connectivity index (χ3n) is 6.14. The molecule has 0 bridgehead atoms. The average molecular weight is 422 g/mol. The van der Waals surface area contributed by atoms with Gasteiger partial charge in [0.25, 0.3) is 0 Å². The van der Waals surface area contributed by atoms with Crippen LogP contribution in [0.3, 0.4) is 0 Å². The molecule has 7 nitrogen and oxygen atoms in total. The van der Waals surface area contributed by atoms with E-state index in [1.807, 2.05) is 48.5 Å². The summed E-state index contributed by atoms with van der Waals surface area (Å²) in [7, 11) is 0. The Bertz CT molecular complexity index is 940. The van der Waals surface area contributed by atoms with Crippen LogP contribution in [-0.2, 0) is 14.3 Å². The second-order valence-electron chi connectivity index (χ2n) is 8.07. The summed E-state index contributed by atoms with van der Waals surface area (Å²) in [4.78, 5) is 35.7. The van der Waals surface area contributed by atoms with Crippen molar-refractivity contribution in [2.45, 2.75) is 37.6 Å². The van der Waals surface area contributed by atoms with Crippen LogP contribution < -0.4 is 10.6 Å². The van der Waals surface area contributed by atoms with Crippen LogP contribution in [0.1, 0.15) is 42.7 Å². The van der Waals surface area contributed by atoms with Crippen molar-refractivity contribution in [1.29, 1.82) is 0 Å². The van der Waals surface area contributed by atoms with E-state index in [0.717, 1.165) is 41.5 Å². The maximum atomic E-state index is 12.3. The van der Waals surface area contributed by atoms with Gasteiger partial charge < -0.3 is 20.5 Å². The highest BCUT2D eigenvalue weighted by atomic mass is 16.5. The normalized spacial score (nSPS) is 15.9. The lowest BCUT2D eigenvalue weighted by Crippen LogP contribution is -2.44. The summed E-state index contributed by atoms with van der Waals surface area (Å²) in [5, 5.41) is 14.6. The summed E-state index contributed by atoms with van der Waals surface area (Å²) >= 11 is 0. The molecule has 2 aliphatic rings. The molecule has 4 rings (SSSR count). The lowest BCUT2D eigenvalue weighted by molar-refractivity contribution is -0.139. The molecule has 7 heteroatoms. The topological polar surface area (TPSA) is 105 Å². The van der Waals surface area contributed by atoms with Gasteiger partial charge in [-0.05, 0) is 41.5 Å². The van der Waals surface area contributed by atoms with Crippen molar-refractivity contribution >= 4 is 18.0 Å². The zero-order valence-corrected chi connectivity index (χ0v) is 17.2. The highest BCUT2D eigenvalue weighted by Crippen LogP contribution is 2.44. The number of ether oxygens (including phenoxy) is 1. The lowest BCUT2D eigenvalue weighted by Gasteiger charge is -2.24. The molecular weight excluding hydrogens is 396 g/mol. The summed E-state index contributed by atoms with van der Waals surface area (Å²) in [5.41, 5.74) is 4.42. The Hall–Kier alpha value is -3.35. The van der Waals surface area contributed by atoms with E-state index in [-0.39, 0.29) is 37.3 Å². The van der Waals surface area contributed by atoms with Crippen molar-refractivity contribution < 1.29 is 24.2 Å². The van der Waals surface area contributed by atoms with Crippen molar-refractivity contribution in [3.8, 4) is 11.1 Å². The molecule has 2 amide bonds. The number of alkyl carbamates (subject to hydrolysis) is 1. The van der Waals surface area contributed by atoms with Crippen LogP contribution in [-0.4, -0.2) is 42.3 Å². The van der Waals surface area contributed by atoms with E-state index in [9.17, 15) is 19.5 Å². The lowest BCUT2D eigenvalue weighted by atomic mass is 9.85. The Labute approximate surface area is 180 Å². The fourth-order valence-corrected chi connectivity index (χ4v) is 4.19. The SMILES string of the molecule is O=C(N[C@@H](CCNC(=O)C1CCC1)C(=O)O)OCC1c2ccccc2-c2ccccc21. The number of carbonyl (C=O) groups is 3. The molecule has 0 aromatic heterocycles. The van der Waals surface area contributed by atoms with E-state index < -0.39 is 18.1 Å². The average Bonchev–Trinajstić information content (AvgIpc) is 3.04. The largest absolute Gasteiger partial charge is 0.480 e. The van der Waals surface area contributed by atoms with Gasteiger partial charge >= 0.3 is 12.1 Å². The molecule has 3 N–H and O–H groups in total. The monoisotopic (exact) mass is 422 g/mol. The Morgan fingerprint density at radius 3 is 2.16 bits per heavy atom. The number of carbonyl (C=O) groups excluding carboxylic acids is 2. The number of hydrogen-bond donors (Lipinski definition) is 3. The van der Waals surface area contributed by atoms with Crippen molar-refractivity contribution in [1.82, 2.24) is 10.6 Å². The molecule has 0 aliphatic heterocycles. The zero-order valence-electron chi connectivity index (χ0n) is 17.2. The molecule has 0 unspecified atom stereocenters. The van der Waals surface area contributed by atoms with Crippen molar-refractivity contribution in [2.75, 3.05) is 13.2 Å². The summed E-state index contributed by atoms with van der Waals surface area (Å²) in [6.45, 7) is 0.306. The highest BCUT2D eigenvalue weighted by molar-refractivity contribution is 5.81. The molecule has 2 aromatic rings. The maximum absolute atomic E-state index is 12.3. The first-order valence-corrected chi connectivity index (χ1v) is 10.7. The molecule has 2 aliphatic carbocycles. The standard InChI is InChI=1S/C24H26N2O5/c27-22(15-6-5-7-15)25-13-12-21(23(28)29)26-24(30)31-14-20-18-10-3-1-8-16(18)17-9-2-4-11-19(17)20/h1-4,8-11,15,20-21H,5-7,12-14H2,(H,25,27)(H,26,30)(H,28,29)/t21-/m0/s1. The van der Waals surface area contributed by atoms with Gasteiger partial charge in [-0.2, -0.15) is 0 Å². The van der Waals surface area contributed by atoms with Crippen LogP contribution in [0.15, 0.2) is 48.5 Å². The summed E-state index contributed by atoms with van der Waals surface area (Å²) in [5.74, 6) is -1.26. The minimum absolute atomic E-state index is 0.0402. The smallest absolute Gasteiger partial charge is 0.407 e. The molecular formula is C24H26N2O5. The molecule has 1 fully saturated rings. The first-order chi connectivity index (χ1) is 15.0. The fraction of sp³-hybridized carbons (Fsp3) is 0.375. The zero-order chi connectivity index (χ0) is 21.8. The van der Waals surface area contributed by atoms with Gasteiger partial charge in [-0.25, -0.2) is 9.59 Å². The quantitative estimate of drug-likeness (QED) is 0.606. The minimum atomic E-state index is -1.16. The number of aliphatic carboxylic acids is 1. The van der Waals surface area contributed by atoms with Crippen molar-refractivity contribution in [2.24, 2.45) is 5.92 Å². The molecule has 0 saturated heterocycles. The van der Waals surface area contributed by atoms with Crippen LogP contribution in [0.25, 0.3) is 11.1 Å². The van der Waals surface area contributed by atoms with Crippen molar-refractivity contribution in [3.05, 3.63) is 59.7 Å². The third kappa shape index (κ3) is 4.55. The van der Waals surface area contributed by atoms with Gasteiger partial charge in [-0.1, -0.05) is 55.0 Å². The molecule has 31 heavy (non-hydrogen) atoms. The fourth-order valence-electron chi connectivity index (χ4n) is 4.19. The van der Waals surface area contributed by atoms with Gasteiger partial charge in [0.1, 0.15) is 12.6 Å². The summed E-state index contributed by atoms with van der Waals surface area (Å²) < 4.78 is 5.41. The van der Waals surface area contributed by atoms with Gasteiger partial charge in [0.05, 0.1) is 0 Å². The first kappa shape index (κ1) is 20.9. The number of carboxylic acid groups (broad SMARTS) is 1. The predicted molar refractivity (Wildman–Crippen MR) is 115 cm³/mol. The van der Waals surface area contributed by atoms with Gasteiger partial charge in [0.2, 0.25) is 5.91 Å². The minimum Gasteiger partial charge on any atom is -0.480 e. The molecule has 1 atom stereocenters. The number of hydrogen-bond acceptors (Lipinski definition) is 4. The first-order valence-electron chi connectivity index (χ1n) is 10.7. The summed E-state index contributed by atoms with van der Waals surface area (Å²) in [6.07, 6.45) is 2.13. The van der Waals surface area contributed by atoms with Crippen LogP contribution in [0.5, 0.6) is 0 Å². The van der Waals surface area contributed by atoms with Crippen LogP contribution in [0.2, 0.25) is 0 Å². The summed E-state index contributed by atoms with van der Waals surface area (Å²) in [6, 6.07) is 14.9. The van der Waals surface area contributed by atoms with E-state index in [2.05, 4.69) is 10.6 Å². The second-order valence-corrected chi connectivity index (χ2v) is 8.07. The molecule has 2 aromatic carbocycles. The van der Waals surface area contributed by atoms with E-state index in [1.165, 1.54) is 0 Å². The van der Waals surface area contributed by atoms with Gasteiger partial charge in [0, 0.05) is 18.4 Å². The number of benzene rings is 2. The molecule has 1 saturated carbocycles. The maximum Gasteiger partial charge on any atom is 0.407 e. The van der Waals surface area contributed by atoms with Gasteiger partial charge in [0.15, 0.2) is 0 Å². The van der Waals surface area contributed by atoms with E-state index in [0.29, 0.717) is 0 Å². The molecule has 0 heterocycles. The Balaban J connectivity index is 1.31. The highest BCUT2D eigenvalue weighted by Gasteiger charge is 2.30. The third-order valence-corrected chi connectivity index (χ3v) is 6.14. The molecule has 0 radical (unpaired) electrons. The Kier molecular flexibility index (Phi) is 6.21. The van der Waals surface area contributed by atoms with Crippen LogP contribution in [0, 0.1) is 5.92 Å². The molecule has 162 valence electrons. The van der Waals surface area contributed by atoms with E-state index >= 15 is 0 Å². The number of amides is 2. The Morgan fingerprint density at radius 1 is 1.00 bits per heavy atom. The number of rotatable bonds is 8. The van der Waals surface area contributed by atoms with Gasteiger partial charge in [-0.3, -0.25) is 4.79 Å². The Morgan fingerprint density at radius 2 is 1.61 bits per heavy atom. The van der Waals surface area contributed by atoms with Crippen LogP contribution >= 0.6 is 0 Å². The predicted octanol–water partition coefficient (Wildman–Crippen LogP) is 3.28. The van der Waals surface area contributed by atoms with Gasteiger partial charge in [-0.15, -0.1) is 0 Å². The number of nitrogens with one attached hydrogen (secondary N) is 2. The molecule has 0 spiro atoms. The van der Waals surface area contributed by atoms with Crippen molar-refractivity contribution in [3.63, 3.8) is 0 Å². The van der Waals surface area contributed by atoms with E-state index in [4.69, 9.17) is 4.74 Å². The van der Waals surface area contributed by atoms with E-state index in [1.54, 1.807) is 0 Å².